The first-order chi connectivity index (χ1) is 11.1. The molecule has 0 N–H and O–H groups in total. The molecule has 1 fully saturated rings. The predicted molar refractivity (Wildman–Crippen MR) is 83.0 cm³/mol. The monoisotopic (exact) mass is 313 g/mol. The highest BCUT2D eigenvalue weighted by Crippen LogP contribution is 2.26. The third kappa shape index (κ3) is 3.12. The van der Waals surface area contributed by atoms with Gasteiger partial charge in [-0.15, -0.1) is 0 Å². The van der Waals surface area contributed by atoms with Crippen molar-refractivity contribution in [2.45, 2.75) is 19.0 Å². The topological polar surface area (TPSA) is 53.5 Å². The van der Waals surface area contributed by atoms with Crippen LogP contribution in [0.25, 0.3) is 0 Å². The Morgan fingerprint density at radius 1 is 1.17 bits per heavy atom. The van der Waals surface area contributed by atoms with Gasteiger partial charge in [-0.05, 0) is 49.0 Å². The zero-order chi connectivity index (χ0) is 16.4. The Balaban J connectivity index is 1.76. The molecule has 1 aromatic heterocycles. The van der Waals surface area contributed by atoms with Gasteiger partial charge in [-0.1, -0.05) is 0 Å². The van der Waals surface area contributed by atoms with Gasteiger partial charge in [-0.25, -0.2) is 9.29 Å². The fraction of sp³-hybridized carbons (Fsp3) is 0.235. The Morgan fingerprint density at radius 3 is 2.48 bits per heavy atom. The minimum atomic E-state index is -0.513. The second-order valence-electron chi connectivity index (χ2n) is 5.53. The Labute approximate surface area is 133 Å². The van der Waals surface area contributed by atoms with E-state index in [2.05, 4.69) is 4.98 Å². The number of anilines is 1. The molecule has 1 aliphatic rings. The molecule has 23 heavy (non-hydrogen) atoms. The smallest absolute Gasteiger partial charge is 0.251 e. The molecule has 0 saturated carbocycles. The summed E-state index contributed by atoms with van der Waals surface area (Å²) in [6.07, 6.45) is 3.50. The van der Waals surface area contributed by atoms with Gasteiger partial charge in [0.25, 0.3) is 5.91 Å². The molecule has 1 atom stereocenters. The van der Waals surface area contributed by atoms with Crippen molar-refractivity contribution >= 4 is 17.5 Å². The number of pyridine rings is 1. The maximum absolute atomic E-state index is 13.0. The quantitative estimate of drug-likeness (QED) is 0.810. The first kappa shape index (κ1) is 15.3. The van der Waals surface area contributed by atoms with Crippen molar-refractivity contribution in [1.29, 1.82) is 0 Å². The van der Waals surface area contributed by atoms with Crippen molar-refractivity contribution in [3.05, 3.63) is 60.2 Å². The van der Waals surface area contributed by atoms with E-state index in [0.29, 0.717) is 12.2 Å². The molecule has 3 rings (SSSR count). The molecule has 1 aliphatic heterocycles. The molecular formula is C17H16FN3O2. The van der Waals surface area contributed by atoms with E-state index in [0.717, 1.165) is 10.5 Å². The highest BCUT2D eigenvalue weighted by molar-refractivity contribution is 6.22. The molecule has 0 radical (unpaired) electrons. The van der Waals surface area contributed by atoms with Crippen LogP contribution in [0.3, 0.4) is 0 Å². The standard InChI is InChI=1S/C17H16FN3O2/c1-20(11-12-6-8-19-9-7-12)15-10-16(22)21(17(15)23)14-4-2-13(18)3-5-14/h2-9,15H,10-11H2,1H3/t15-/m0/s1. The third-order valence-electron chi connectivity index (χ3n) is 3.92. The fourth-order valence-corrected chi connectivity index (χ4v) is 2.71. The maximum atomic E-state index is 13.0. The molecule has 0 aliphatic carbocycles. The van der Waals surface area contributed by atoms with E-state index in [1.807, 2.05) is 24.1 Å². The molecule has 2 heterocycles. The number of carbonyl (C=O) groups excluding carboxylic acids is 2. The van der Waals surface area contributed by atoms with Crippen LogP contribution in [0.1, 0.15) is 12.0 Å². The number of nitrogens with zero attached hydrogens (tertiary/aromatic N) is 3. The molecule has 118 valence electrons. The number of amides is 2. The Kier molecular flexibility index (Phi) is 4.16. The zero-order valence-electron chi connectivity index (χ0n) is 12.6. The highest BCUT2D eigenvalue weighted by Gasteiger charge is 2.41. The third-order valence-corrected chi connectivity index (χ3v) is 3.92. The molecule has 2 aromatic rings. The lowest BCUT2D eigenvalue weighted by Gasteiger charge is -2.22. The van der Waals surface area contributed by atoms with Gasteiger partial charge >= 0.3 is 0 Å². The summed E-state index contributed by atoms with van der Waals surface area (Å²) < 4.78 is 13.0. The van der Waals surface area contributed by atoms with E-state index in [1.54, 1.807) is 12.4 Å². The van der Waals surface area contributed by atoms with E-state index >= 15 is 0 Å². The van der Waals surface area contributed by atoms with Gasteiger partial charge in [0.2, 0.25) is 5.91 Å². The zero-order valence-corrected chi connectivity index (χ0v) is 12.6. The van der Waals surface area contributed by atoms with Crippen molar-refractivity contribution in [2.24, 2.45) is 0 Å². The summed E-state index contributed by atoms with van der Waals surface area (Å²) in [5.74, 6) is -0.953. The fourth-order valence-electron chi connectivity index (χ4n) is 2.71. The Morgan fingerprint density at radius 2 is 1.83 bits per heavy atom. The van der Waals surface area contributed by atoms with Gasteiger partial charge in [-0.2, -0.15) is 0 Å². The molecule has 1 saturated heterocycles. The number of likely N-dealkylation sites (N-methyl/N-ethyl adjacent to an activating group) is 1. The Bertz CT molecular complexity index is 718. The number of carbonyl (C=O) groups is 2. The van der Waals surface area contributed by atoms with Gasteiger partial charge in [0.15, 0.2) is 0 Å². The molecule has 0 unspecified atom stereocenters. The first-order valence-corrected chi connectivity index (χ1v) is 7.28. The number of imide groups is 1. The Hall–Kier alpha value is -2.60. The number of benzene rings is 1. The number of rotatable bonds is 4. The summed E-state index contributed by atoms with van der Waals surface area (Å²) in [5, 5.41) is 0. The lowest BCUT2D eigenvalue weighted by molar-refractivity contribution is -0.122. The molecular weight excluding hydrogens is 297 g/mol. The molecule has 0 spiro atoms. The number of hydrogen-bond acceptors (Lipinski definition) is 4. The average molecular weight is 313 g/mol. The summed E-state index contributed by atoms with van der Waals surface area (Å²) in [5.41, 5.74) is 1.42. The first-order valence-electron chi connectivity index (χ1n) is 7.28. The molecule has 1 aromatic carbocycles. The van der Waals surface area contributed by atoms with Crippen LogP contribution in [0.4, 0.5) is 10.1 Å². The molecule has 2 amide bonds. The van der Waals surface area contributed by atoms with Crippen molar-refractivity contribution < 1.29 is 14.0 Å². The summed E-state index contributed by atoms with van der Waals surface area (Å²) in [4.78, 5) is 31.7. The summed E-state index contributed by atoms with van der Waals surface area (Å²) in [6.45, 7) is 0.545. The largest absolute Gasteiger partial charge is 0.290 e. The van der Waals surface area contributed by atoms with Crippen LogP contribution < -0.4 is 4.90 Å². The van der Waals surface area contributed by atoms with Gasteiger partial charge in [-0.3, -0.25) is 19.5 Å². The average Bonchev–Trinajstić information content (AvgIpc) is 2.84. The van der Waals surface area contributed by atoms with Gasteiger partial charge in [0, 0.05) is 18.9 Å². The normalized spacial score (nSPS) is 18.0. The minimum Gasteiger partial charge on any atom is -0.290 e. The summed E-state index contributed by atoms with van der Waals surface area (Å²) in [7, 11) is 1.81. The SMILES string of the molecule is CN(Cc1ccncc1)[C@H]1CC(=O)N(c2ccc(F)cc2)C1=O. The van der Waals surface area contributed by atoms with E-state index in [-0.39, 0.29) is 18.2 Å². The number of aromatic nitrogens is 1. The second kappa shape index (κ2) is 6.26. The predicted octanol–water partition coefficient (Wildman–Crippen LogP) is 1.98. The van der Waals surface area contributed by atoms with E-state index < -0.39 is 11.9 Å². The van der Waals surface area contributed by atoms with Crippen LogP contribution in [0.15, 0.2) is 48.8 Å². The second-order valence-corrected chi connectivity index (χ2v) is 5.53. The number of hydrogen-bond donors (Lipinski definition) is 0. The van der Waals surface area contributed by atoms with Crippen molar-refractivity contribution in [2.75, 3.05) is 11.9 Å². The van der Waals surface area contributed by atoms with Crippen molar-refractivity contribution in [1.82, 2.24) is 9.88 Å². The highest BCUT2D eigenvalue weighted by atomic mass is 19.1. The van der Waals surface area contributed by atoms with Crippen LogP contribution in [0.5, 0.6) is 0 Å². The van der Waals surface area contributed by atoms with E-state index in [9.17, 15) is 14.0 Å². The van der Waals surface area contributed by atoms with Gasteiger partial charge in [0.05, 0.1) is 18.2 Å². The van der Waals surface area contributed by atoms with Crippen LogP contribution in [0.2, 0.25) is 0 Å². The summed E-state index contributed by atoms with van der Waals surface area (Å²) in [6, 6.07) is 8.59. The van der Waals surface area contributed by atoms with E-state index in [4.69, 9.17) is 0 Å². The lowest BCUT2D eigenvalue weighted by Crippen LogP contribution is -2.39. The van der Waals surface area contributed by atoms with Crippen molar-refractivity contribution in [3.63, 3.8) is 0 Å². The van der Waals surface area contributed by atoms with Crippen LogP contribution in [0, 0.1) is 5.82 Å². The number of halogens is 1. The van der Waals surface area contributed by atoms with Crippen molar-refractivity contribution in [3.8, 4) is 0 Å². The van der Waals surface area contributed by atoms with Crippen LogP contribution in [-0.4, -0.2) is 34.8 Å². The summed E-state index contributed by atoms with van der Waals surface area (Å²) >= 11 is 0. The van der Waals surface area contributed by atoms with Gasteiger partial charge in [0.1, 0.15) is 5.82 Å². The molecule has 6 heteroatoms. The van der Waals surface area contributed by atoms with Crippen LogP contribution >= 0.6 is 0 Å². The molecule has 5 nitrogen and oxygen atoms in total. The lowest BCUT2D eigenvalue weighted by atomic mass is 10.2. The van der Waals surface area contributed by atoms with Crippen LogP contribution in [-0.2, 0) is 16.1 Å². The minimum absolute atomic E-state index is 0.123. The van der Waals surface area contributed by atoms with Gasteiger partial charge < -0.3 is 0 Å². The van der Waals surface area contributed by atoms with E-state index in [1.165, 1.54) is 24.3 Å². The molecule has 0 bridgehead atoms. The maximum Gasteiger partial charge on any atom is 0.251 e.